The molecule has 0 bridgehead atoms. The molecule has 4 aromatic rings. The maximum absolute atomic E-state index is 6.54. The van der Waals surface area contributed by atoms with Crippen molar-refractivity contribution >= 4 is 23.8 Å². The van der Waals surface area contributed by atoms with Gasteiger partial charge in [0.05, 0.1) is 35.9 Å². The van der Waals surface area contributed by atoms with Gasteiger partial charge in [-0.2, -0.15) is 10.2 Å². The summed E-state index contributed by atoms with van der Waals surface area (Å²) in [5, 5.41) is 9.50. The summed E-state index contributed by atoms with van der Waals surface area (Å²) in [6, 6.07) is 19.9. The summed E-state index contributed by atoms with van der Waals surface area (Å²) in [5.41, 5.74) is 10.4. The third-order valence-corrected chi connectivity index (χ3v) is 4.78. The Hall–Kier alpha value is -3.38. The zero-order valence-electron chi connectivity index (χ0n) is 15.3. The van der Waals surface area contributed by atoms with Gasteiger partial charge in [0.15, 0.2) is 0 Å². The van der Waals surface area contributed by atoms with Crippen LogP contribution in [0, 0.1) is 6.92 Å². The Balaban J connectivity index is 1.59. The van der Waals surface area contributed by atoms with Crippen LogP contribution in [0.3, 0.4) is 0 Å². The topological polar surface area (TPSA) is 74.0 Å². The lowest BCUT2D eigenvalue weighted by molar-refractivity contribution is 0.680. The molecule has 0 aliphatic rings. The van der Waals surface area contributed by atoms with E-state index in [0.29, 0.717) is 17.6 Å². The number of rotatable bonds is 5. The lowest BCUT2D eigenvalue weighted by Crippen LogP contribution is -2.02. The molecule has 140 valence electrons. The first kappa shape index (κ1) is 18.0. The molecule has 0 amide bonds. The Morgan fingerprint density at radius 3 is 2.46 bits per heavy atom. The van der Waals surface area contributed by atoms with Gasteiger partial charge < -0.3 is 5.73 Å². The van der Waals surface area contributed by atoms with Gasteiger partial charge >= 0.3 is 0 Å². The number of aryl methyl sites for hydroxylation is 1. The predicted octanol–water partition coefficient (Wildman–Crippen LogP) is 4.22. The van der Waals surface area contributed by atoms with Crippen molar-refractivity contribution in [1.82, 2.24) is 19.4 Å². The zero-order chi connectivity index (χ0) is 19.5. The average molecular weight is 391 g/mol. The normalized spacial score (nSPS) is 11.4. The highest BCUT2D eigenvalue weighted by Crippen LogP contribution is 2.21. The number of nitrogen functional groups attached to an aromatic ring is 1. The minimum absolute atomic E-state index is 0.306. The third-order valence-electron chi connectivity index (χ3n) is 4.38. The fourth-order valence-corrected chi connectivity index (χ4v) is 3.20. The first-order chi connectivity index (χ1) is 13.6. The molecule has 2 aromatic carbocycles. The van der Waals surface area contributed by atoms with Crippen LogP contribution >= 0.6 is 11.6 Å². The summed E-state index contributed by atoms with van der Waals surface area (Å²) < 4.78 is 3.30. The number of anilines is 1. The van der Waals surface area contributed by atoms with Crippen molar-refractivity contribution in [3.05, 3.63) is 88.8 Å². The quantitative estimate of drug-likeness (QED) is 0.518. The Kier molecular flexibility index (Phi) is 4.95. The standard InChI is InChI=1S/C21H19ClN6/c1-15-18(20(22)27(26-15)13-16-8-4-2-5-9-16)12-24-28-14-19(25-21(28)23)17-10-6-3-7-11-17/h2-12,14H,13H2,1H3,(H2,23,25)/b24-12+. The molecule has 7 heteroatoms. The molecular formula is C21H19ClN6. The molecule has 0 radical (unpaired) electrons. The number of nitrogens with two attached hydrogens (primary N) is 1. The van der Waals surface area contributed by atoms with Gasteiger partial charge in [0.25, 0.3) is 0 Å². The van der Waals surface area contributed by atoms with Crippen molar-refractivity contribution in [3.63, 3.8) is 0 Å². The lowest BCUT2D eigenvalue weighted by Gasteiger charge is -2.03. The molecule has 0 unspecified atom stereocenters. The van der Waals surface area contributed by atoms with Gasteiger partial charge in [-0.05, 0) is 12.5 Å². The first-order valence-electron chi connectivity index (χ1n) is 8.83. The highest BCUT2D eigenvalue weighted by atomic mass is 35.5. The van der Waals surface area contributed by atoms with Crippen LogP contribution in [-0.2, 0) is 6.54 Å². The Labute approximate surface area is 167 Å². The molecule has 0 atom stereocenters. The number of halogens is 1. The van der Waals surface area contributed by atoms with Crippen molar-refractivity contribution < 1.29 is 0 Å². The van der Waals surface area contributed by atoms with Crippen LogP contribution in [-0.4, -0.2) is 25.7 Å². The summed E-state index contributed by atoms with van der Waals surface area (Å²) in [4.78, 5) is 4.37. The van der Waals surface area contributed by atoms with Crippen molar-refractivity contribution in [3.8, 4) is 11.3 Å². The second-order valence-electron chi connectivity index (χ2n) is 6.37. The molecule has 0 saturated carbocycles. The van der Waals surface area contributed by atoms with Crippen LogP contribution in [0.25, 0.3) is 11.3 Å². The van der Waals surface area contributed by atoms with Crippen molar-refractivity contribution in [1.29, 1.82) is 0 Å². The number of hydrogen-bond donors (Lipinski definition) is 1. The van der Waals surface area contributed by atoms with Crippen molar-refractivity contribution in [2.45, 2.75) is 13.5 Å². The second-order valence-corrected chi connectivity index (χ2v) is 6.73. The minimum Gasteiger partial charge on any atom is -0.368 e. The fraction of sp³-hybridized carbons (Fsp3) is 0.0952. The number of imidazole rings is 1. The average Bonchev–Trinajstić information content (AvgIpc) is 3.21. The number of nitrogens with zero attached hydrogens (tertiary/aromatic N) is 5. The van der Waals surface area contributed by atoms with Gasteiger partial charge in [-0.3, -0.25) is 0 Å². The molecule has 0 spiro atoms. The summed E-state index contributed by atoms with van der Waals surface area (Å²) in [6.45, 7) is 2.50. The summed E-state index contributed by atoms with van der Waals surface area (Å²) in [6.07, 6.45) is 3.46. The minimum atomic E-state index is 0.306. The largest absolute Gasteiger partial charge is 0.368 e. The van der Waals surface area contributed by atoms with Crippen molar-refractivity contribution in [2.24, 2.45) is 5.10 Å². The van der Waals surface area contributed by atoms with Gasteiger partial charge in [-0.15, -0.1) is 0 Å². The molecular weight excluding hydrogens is 372 g/mol. The molecule has 2 aromatic heterocycles. The summed E-state index contributed by atoms with van der Waals surface area (Å²) >= 11 is 6.54. The van der Waals surface area contributed by atoms with Gasteiger partial charge in [-0.1, -0.05) is 72.3 Å². The molecule has 0 aliphatic heterocycles. The molecule has 0 aliphatic carbocycles. The van der Waals surface area contributed by atoms with E-state index >= 15 is 0 Å². The van der Waals surface area contributed by atoms with Crippen molar-refractivity contribution in [2.75, 3.05) is 5.73 Å². The van der Waals surface area contributed by atoms with E-state index in [1.807, 2.05) is 67.6 Å². The molecule has 2 heterocycles. The van der Waals surface area contributed by atoms with Crippen LogP contribution in [0.4, 0.5) is 5.95 Å². The van der Waals surface area contributed by atoms with Crippen LogP contribution in [0.15, 0.2) is 72.0 Å². The van der Waals surface area contributed by atoms with E-state index in [1.165, 1.54) is 4.68 Å². The van der Waals surface area contributed by atoms with E-state index in [1.54, 1.807) is 17.1 Å². The molecule has 28 heavy (non-hydrogen) atoms. The van der Waals surface area contributed by atoms with E-state index in [0.717, 1.165) is 28.1 Å². The highest BCUT2D eigenvalue weighted by molar-refractivity contribution is 6.32. The van der Waals surface area contributed by atoms with E-state index in [4.69, 9.17) is 17.3 Å². The lowest BCUT2D eigenvalue weighted by atomic mass is 10.2. The number of benzene rings is 2. The van der Waals surface area contributed by atoms with E-state index in [-0.39, 0.29) is 0 Å². The molecule has 4 rings (SSSR count). The van der Waals surface area contributed by atoms with E-state index in [9.17, 15) is 0 Å². The number of aromatic nitrogens is 4. The van der Waals surface area contributed by atoms with E-state index < -0.39 is 0 Å². The highest BCUT2D eigenvalue weighted by Gasteiger charge is 2.13. The van der Waals surface area contributed by atoms with Gasteiger partial charge in [0.2, 0.25) is 5.95 Å². The SMILES string of the molecule is Cc1nn(Cc2ccccc2)c(Cl)c1/C=N/n1cc(-c2ccccc2)nc1N. The fourth-order valence-electron chi connectivity index (χ4n) is 2.92. The van der Waals surface area contributed by atoms with Crippen LogP contribution in [0.1, 0.15) is 16.8 Å². The molecule has 0 saturated heterocycles. The smallest absolute Gasteiger partial charge is 0.221 e. The zero-order valence-corrected chi connectivity index (χ0v) is 16.1. The summed E-state index contributed by atoms with van der Waals surface area (Å²) in [5.74, 6) is 0.306. The number of hydrogen-bond acceptors (Lipinski definition) is 4. The van der Waals surface area contributed by atoms with Gasteiger partial charge in [-0.25, -0.2) is 14.3 Å². The van der Waals surface area contributed by atoms with Crippen LogP contribution < -0.4 is 5.73 Å². The van der Waals surface area contributed by atoms with Crippen LogP contribution in [0.2, 0.25) is 5.15 Å². The maximum atomic E-state index is 6.54. The molecule has 6 nitrogen and oxygen atoms in total. The predicted molar refractivity (Wildman–Crippen MR) is 113 cm³/mol. The van der Waals surface area contributed by atoms with E-state index in [2.05, 4.69) is 15.2 Å². The summed E-state index contributed by atoms with van der Waals surface area (Å²) in [7, 11) is 0. The first-order valence-corrected chi connectivity index (χ1v) is 9.21. The Morgan fingerprint density at radius 2 is 1.75 bits per heavy atom. The Bertz CT molecular complexity index is 1110. The van der Waals surface area contributed by atoms with Gasteiger partial charge in [0, 0.05) is 5.56 Å². The second kappa shape index (κ2) is 7.70. The molecule has 2 N–H and O–H groups in total. The van der Waals surface area contributed by atoms with Crippen LogP contribution in [0.5, 0.6) is 0 Å². The van der Waals surface area contributed by atoms with Gasteiger partial charge in [0.1, 0.15) is 5.15 Å². The maximum Gasteiger partial charge on any atom is 0.221 e. The monoisotopic (exact) mass is 390 g/mol. The third kappa shape index (κ3) is 3.68. The molecule has 0 fully saturated rings. The Morgan fingerprint density at radius 1 is 1.07 bits per heavy atom.